The predicted octanol–water partition coefficient (Wildman–Crippen LogP) is 6.13. The molecule has 1 heterocycles. The molecule has 2 aromatic carbocycles. The van der Waals surface area contributed by atoms with Crippen LogP contribution in [-0.2, 0) is 16.1 Å². The van der Waals surface area contributed by atoms with E-state index in [1.54, 1.807) is 29.2 Å². The minimum absolute atomic E-state index is 0.0303. The number of fused-ring (bicyclic) bond motifs is 1. The lowest BCUT2D eigenvalue weighted by atomic mass is 9.98. The maximum Gasteiger partial charge on any atom is 0.506 e. The molecule has 198 valence electrons. The molecule has 0 unspecified atom stereocenters. The normalized spacial score (nSPS) is 16.9. The number of benzene rings is 2. The summed E-state index contributed by atoms with van der Waals surface area (Å²) in [6.45, 7) is 0.620. The van der Waals surface area contributed by atoms with Crippen molar-refractivity contribution in [1.82, 2.24) is 9.88 Å². The van der Waals surface area contributed by atoms with E-state index in [4.69, 9.17) is 9.72 Å². The standard InChI is InChI=1S/C30H32N2O6/c33-27(21-7-1-2-8-21)32(19-30(38-29(36)37)15-5-6-16-30)18-20-11-13-25-22(17-20)12-14-26(31-25)23-9-3-4-10-24(23)28(34)35/h3-4,9-14,17,21H,1-2,5-8,15-16,18-19H2,(H,34,35)(H,36,37). The molecule has 2 fully saturated rings. The Bertz CT molecular complexity index is 1360. The van der Waals surface area contributed by atoms with Crippen LogP contribution in [0.3, 0.4) is 0 Å². The van der Waals surface area contributed by atoms with Crippen molar-refractivity contribution >= 4 is 28.9 Å². The number of nitrogens with zero attached hydrogens (tertiary/aromatic N) is 2. The van der Waals surface area contributed by atoms with Crippen LogP contribution in [0.2, 0.25) is 0 Å². The molecule has 0 atom stereocenters. The topological polar surface area (TPSA) is 117 Å². The lowest BCUT2D eigenvalue weighted by Gasteiger charge is -2.35. The van der Waals surface area contributed by atoms with Gasteiger partial charge < -0.3 is 19.8 Å². The first-order valence-corrected chi connectivity index (χ1v) is 13.3. The number of aromatic nitrogens is 1. The molecule has 2 aliphatic carbocycles. The van der Waals surface area contributed by atoms with Crippen LogP contribution in [0, 0.1) is 5.92 Å². The average Bonchev–Trinajstić information content (AvgIpc) is 3.60. The summed E-state index contributed by atoms with van der Waals surface area (Å²) >= 11 is 0. The van der Waals surface area contributed by atoms with Gasteiger partial charge in [-0.05, 0) is 68.4 Å². The lowest BCUT2D eigenvalue weighted by Crippen LogP contribution is -2.47. The van der Waals surface area contributed by atoms with Crippen LogP contribution in [0.4, 0.5) is 4.79 Å². The van der Waals surface area contributed by atoms with Crippen LogP contribution < -0.4 is 0 Å². The van der Waals surface area contributed by atoms with E-state index in [2.05, 4.69) is 0 Å². The summed E-state index contributed by atoms with van der Waals surface area (Å²) in [7, 11) is 0. The Morgan fingerprint density at radius 3 is 2.39 bits per heavy atom. The Hall–Kier alpha value is -3.94. The molecule has 1 amide bonds. The van der Waals surface area contributed by atoms with Gasteiger partial charge >= 0.3 is 12.1 Å². The molecule has 2 N–H and O–H groups in total. The fourth-order valence-corrected chi connectivity index (χ4v) is 6.02. The van der Waals surface area contributed by atoms with Gasteiger partial charge in [-0.15, -0.1) is 0 Å². The van der Waals surface area contributed by atoms with Gasteiger partial charge in [-0.2, -0.15) is 0 Å². The Morgan fingerprint density at radius 2 is 1.68 bits per heavy atom. The zero-order valence-corrected chi connectivity index (χ0v) is 21.3. The van der Waals surface area contributed by atoms with E-state index in [9.17, 15) is 24.6 Å². The molecule has 38 heavy (non-hydrogen) atoms. The Kier molecular flexibility index (Phi) is 7.31. The average molecular weight is 517 g/mol. The largest absolute Gasteiger partial charge is 0.506 e. The van der Waals surface area contributed by atoms with Crippen molar-refractivity contribution in [3.8, 4) is 11.3 Å². The highest BCUT2D eigenvalue weighted by atomic mass is 16.7. The second-order valence-electron chi connectivity index (χ2n) is 10.5. The van der Waals surface area contributed by atoms with E-state index in [1.807, 2.05) is 30.3 Å². The fourth-order valence-electron chi connectivity index (χ4n) is 6.02. The molecule has 0 spiro atoms. The van der Waals surface area contributed by atoms with Crippen molar-refractivity contribution in [1.29, 1.82) is 0 Å². The second-order valence-corrected chi connectivity index (χ2v) is 10.5. The third-order valence-corrected chi connectivity index (χ3v) is 7.87. The smallest absolute Gasteiger partial charge is 0.478 e. The summed E-state index contributed by atoms with van der Waals surface area (Å²) in [5, 5.41) is 19.8. The highest BCUT2D eigenvalue weighted by molar-refractivity contribution is 5.96. The summed E-state index contributed by atoms with van der Waals surface area (Å²) in [6.07, 6.45) is 5.52. The SMILES string of the molecule is O=C(O)OC1(CN(Cc2ccc3nc(-c4ccccc4C(=O)O)ccc3c2)C(=O)C2CCCC2)CCCC1. The van der Waals surface area contributed by atoms with Gasteiger partial charge in [0, 0.05) is 23.4 Å². The van der Waals surface area contributed by atoms with E-state index >= 15 is 0 Å². The maximum absolute atomic E-state index is 13.6. The summed E-state index contributed by atoms with van der Waals surface area (Å²) in [5.74, 6) is -0.962. The third kappa shape index (κ3) is 5.49. The fraction of sp³-hybridized carbons (Fsp3) is 0.400. The van der Waals surface area contributed by atoms with Crippen molar-refractivity contribution < 1.29 is 29.3 Å². The summed E-state index contributed by atoms with van der Waals surface area (Å²) < 4.78 is 5.40. The molecule has 0 bridgehead atoms. The maximum atomic E-state index is 13.6. The molecule has 0 aliphatic heterocycles. The number of hydrogen-bond donors (Lipinski definition) is 2. The number of pyridine rings is 1. The van der Waals surface area contributed by atoms with Crippen LogP contribution in [-0.4, -0.2) is 50.3 Å². The number of carboxylic acids is 1. The predicted molar refractivity (Wildman–Crippen MR) is 142 cm³/mol. The van der Waals surface area contributed by atoms with Crippen LogP contribution in [0.5, 0.6) is 0 Å². The number of carbonyl (C=O) groups is 3. The molecule has 3 aromatic rings. The number of rotatable bonds is 8. The summed E-state index contributed by atoms with van der Waals surface area (Å²) in [6, 6.07) is 16.3. The molecule has 0 saturated heterocycles. The van der Waals surface area contributed by atoms with Gasteiger partial charge in [0.25, 0.3) is 0 Å². The zero-order valence-electron chi connectivity index (χ0n) is 21.3. The van der Waals surface area contributed by atoms with Gasteiger partial charge in [-0.1, -0.05) is 43.2 Å². The van der Waals surface area contributed by atoms with Crippen LogP contribution in [0.25, 0.3) is 22.2 Å². The third-order valence-electron chi connectivity index (χ3n) is 7.87. The molecule has 8 nitrogen and oxygen atoms in total. The van der Waals surface area contributed by atoms with Gasteiger partial charge in [0.15, 0.2) is 0 Å². The van der Waals surface area contributed by atoms with E-state index in [0.29, 0.717) is 30.6 Å². The van der Waals surface area contributed by atoms with Crippen molar-refractivity contribution in [2.45, 2.75) is 63.5 Å². The molecule has 8 heteroatoms. The summed E-state index contributed by atoms with van der Waals surface area (Å²) in [5.41, 5.74) is 2.12. The van der Waals surface area contributed by atoms with E-state index < -0.39 is 17.7 Å². The molecular formula is C30H32N2O6. The molecule has 2 saturated carbocycles. The van der Waals surface area contributed by atoms with Crippen molar-refractivity contribution in [2.75, 3.05) is 6.54 Å². The van der Waals surface area contributed by atoms with E-state index in [1.165, 1.54) is 0 Å². The highest BCUT2D eigenvalue weighted by Crippen LogP contribution is 2.36. The van der Waals surface area contributed by atoms with Crippen molar-refractivity contribution in [3.63, 3.8) is 0 Å². The van der Waals surface area contributed by atoms with Gasteiger partial charge in [0.1, 0.15) is 5.60 Å². The molecule has 0 radical (unpaired) electrons. The van der Waals surface area contributed by atoms with Crippen LogP contribution in [0.15, 0.2) is 54.6 Å². The highest BCUT2D eigenvalue weighted by Gasteiger charge is 2.41. The Balaban J connectivity index is 1.43. The van der Waals surface area contributed by atoms with E-state index in [-0.39, 0.29) is 23.9 Å². The Labute approximate surface area is 221 Å². The molecular weight excluding hydrogens is 484 g/mol. The number of amides is 1. The van der Waals surface area contributed by atoms with Crippen LogP contribution in [0.1, 0.15) is 67.3 Å². The number of aromatic carboxylic acids is 1. The first kappa shape index (κ1) is 25.7. The summed E-state index contributed by atoms with van der Waals surface area (Å²) in [4.78, 5) is 43.2. The first-order valence-electron chi connectivity index (χ1n) is 13.3. The minimum atomic E-state index is -1.29. The lowest BCUT2D eigenvalue weighted by molar-refractivity contribution is -0.140. The number of hydrogen-bond acceptors (Lipinski definition) is 5. The molecule has 1 aromatic heterocycles. The second kappa shape index (κ2) is 10.8. The Morgan fingerprint density at radius 1 is 0.947 bits per heavy atom. The quantitative estimate of drug-likeness (QED) is 0.346. The van der Waals surface area contributed by atoms with Gasteiger partial charge in [-0.3, -0.25) is 4.79 Å². The first-order chi connectivity index (χ1) is 18.3. The minimum Gasteiger partial charge on any atom is -0.478 e. The number of carbonyl (C=O) groups excluding carboxylic acids is 1. The number of ether oxygens (including phenoxy) is 1. The van der Waals surface area contributed by atoms with Gasteiger partial charge in [-0.25, -0.2) is 14.6 Å². The van der Waals surface area contributed by atoms with Crippen molar-refractivity contribution in [2.24, 2.45) is 5.92 Å². The van der Waals surface area contributed by atoms with Gasteiger partial charge in [0.2, 0.25) is 5.91 Å². The molecule has 5 rings (SSSR count). The number of carboxylic acid groups (broad SMARTS) is 2. The van der Waals surface area contributed by atoms with Crippen LogP contribution >= 0.6 is 0 Å². The van der Waals surface area contributed by atoms with Gasteiger partial charge in [0.05, 0.1) is 23.3 Å². The van der Waals surface area contributed by atoms with Crippen molar-refractivity contribution in [3.05, 3.63) is 65.7 Å². The zero-order chi connectivity index (χ0) is 26.7. The molecule has 2 aliphatic rings. The van der Waals surface area contributed by atoms with E-state index in [0.717, 1.165) is 55.0 Å². The monoisotopic (exact) mass is 516 g/mol.